The van der Waals surface area contributed by atoms with Crippen LogP contribution < -0.4 is 15.6 Å². The van der Waals surface area contributed by atoms with Crippen LogP contribution in [-0.4, -0.2) is 40.7 Å². The quantitative estimate of drug-likeness (QED) is 0.870. The zero-order valence-corrected chi connectivity index (χ0v) is 14.8. The van der Waals surface area contributed by atoms with Crippen LogP contribution in [0.5, 0.6) is 5.75 Å². The molecule has 0 bridgehead atoms. The van der Waals surface area contributed by atoms with Crippen molar-refractivity contribution in [3.63, 3.8) is 0 Å². The Balaban J connectivity index is 1.58. The molecule has 126 valence electrons. The number of hydrogen-bond acceptors (Lipinski definition) is 3. The van der Waals surface area contributed by atoms with E-state index in [0.717, 1.165) is 49.7 Å². The summed E-state index contributed by atoms with van der Waals surface area (Å²) in [4.78, 5) is 25.6. The Morgan fingerprint density at radius 3 is 2.70 bits per heavy atom. The molecular formula is C16H22BrN3O3. The molecule has 0 aromatic carbocycles. The van der Waals surface area contributed by atoms with Crippen LogP contribution in [0.15, 0.2) is 21.5 Å². The SMILES string of the molecule is Cn1cc(Br)c(OC2CCC(N3CCCNC3=O)CC2)cc1=O. The van der Waals surface area contributed by atoms with Gasteiger partial charge in [0, 0.05) is 38.4 Å². The average molecular weight is 384 g/mol. The molecule has 1 aromatic heterocycles. The molecule has 0 atom stereocenters. The van der Waals surface area contributed by atoms with Crippen molar-refractivity contribution in [3.05, 3.63) is 27.1 Å². The van der Waals surface area contributed by atoms with Crippen molar-refractivity contribution >= 4 is 22.0 Å². The summed E-state index contributed by atoms with van der Waals surface area (Å²) in [5, 5.41) is 2.91. The van der Waals surface area contributed by atoms with Crippen LogP contribution in [0, 0.1) is 0 Å². The van der Waals surface area contributed by atoms with Crippen molar-refractivity contribution in [2.75, 3.05) is 13.1 Å². The summed E-state index contributed by atoms with van der Waals surface area (Å²) in [5.41, 5.74) is -0.0816. The molecule has 1 N–H and O–H groups in total. The van der Waals surface area contributed by atoms with Gasteiger partial charge in [0.25, 0.3) is 5.56 Å². The number of aryl methyl sites for hydroxylation is 1. The Kier molecular flexibility index (Phi) is 4.94. The maximum absolute atomic E-state index is 11.9. The van der Waals surface area contributed by atoms with Crippen LogP contribution in [0.3, 0.4) is 0 Å². The third kappa shape index (κ3) is 3.71. The molecule has 3 rings (SSSR count). The standard InChI is InChI=1S/C16H22BrN3O3/c1-19-10-13(17)14(9-15(19)21)23-12-5-3-11(4-6-12)20-8-2-7-18-16(20)22/h9-12H,2-8H2,1H3,(H,18,22). The van der Waals surface area contributed by atoms with Gasteiger partial charge in [0.1, 0.15) is 5.75 Å². The first kappa shape index (κ1) is 16.4. The molecule has 2 fully saturated rings. The highest BCUT2D eigenvalue weighted by molar-refractivity contribution is 9.10. The number of aromatic nitrogens is 1. The summed E-state index contributed by atoms with van der Waals surface area (Å²) >= 11 is 3.44. The number of hydrogen-bond donors (Lipinski definition) is 1. The minimum absolute atomic E-state index is 0.0647. The van der Waals surface area contributed by atoms with Crippen molar-refractivity contribution in [3.8, 4) is 5.75 Å². The molecule has 1 saturated carbocycles. The second-order valence-electron chi connectivity index (χ2n) is 6.26. The minimum atomic E-state index is -0.0816. The van der Waals surface area contributed by atoms with E-state index in [4.69, 9.17) is 4.74 Å². The fraction of sp³-hybridized carbons (Fsp3) is 0.625. The monoisotopic (exact) mass is 383 g/mol. The summed E-state index contributed by atoms with van der Waals surface area (Å²) in [6.07, 6.45) is 6.53. The molecule has 2 heterocycles. The third-order valence-corrected chi connectivity index (χ3v) is 5.23. The maximum atomic E-state index is 11.9. The first-order valence-corrected chi connectivity index (χ1v) is 8.91. The molecule has 1 aromatic rings. The number of pyridine rings is 1. The lowest BCUT2D eigenvalue weighted by molar-refractivity contribution is 0.0928. The highest BCUT2D eigenvalue weighted by atomic mass is 79.9. The van der Waals surface area contributed by atoms with Crippen LogP contribution in [0.2, 0.25) is 0 Å². The molecule has 23 heavy (non-hydrogen) atoms. The van der Waals surface area contributed by atoms with Gasteiger partial charge in [-0.15, -0.1) is 0 Å². The first-order chi connectivity index (χ1) is 11.0. The molecule has 1 aliphatic carbocycles. The summed E-state index contributed by atoms with van der Waals surface area (Å²) in [6.45, 7) is 1.63. The number of urea groups is 1. The minimum Gasteiger partial charge on any atom is -0.489 e. The fourth-order valence-electron chi connectivity index (χ4n) is 3.32. The Morgan fingerprint density at radius 1 is 1.26 bits per heavy atom. The van der Waals surface area contributed by atoms with E-state index in [2.05, 4.69) is 21.2 Å². The molecular weight excluding hydrogens is 362 g/mol. The van der Waals surface area contributed by atoms with Gasteiger partial charge in [-0.3, -0.25) is 4.79 Å². The summed E-state index contributed by atoms with van der Waals surface area (Å²) in [6, 6.07) is 1.89. The van der Waals surface area contributed by atoms with E-state index in [9.17, 15) is 9.59 Å². The van der Waals surface area contributed by atoms with Gasteiger partial charge in [0.2, 0.25) is 0 Å². The summed E-state index contributed by atoms with van der Waals surface area (Å²) in [7, 11) is 1.71. The Hall–Kier alpha value is -1.50. The zero-order valence-electron chi connectivity index (χ0n) is 13.3. The van der Waals surface area contributed by atoms with E-state index in [1.54, 1.807) is 13.2 Å². The van der Waals surface area contributed by atoms with E-state index in [1.165, 1.54) is 10.6 Å². The predicted molar refractivity (Wildman–Crippen MR) is 90.8 cm³/mol. The second kappa shape index (κ2) is 6.95. The second-order valence-corrected chi connectivity index (χ2v) is 7.12. The predicted octanol–water partition coefficient (Wildman–Crippen LogP) is 2.25. The molecule has 1 saturated heterocycles. The van der Waals surface area contributed by atoms with Crippen molar-refractivity contribution in [1.29, 1.82) is 0 Å². The van der Waals surface area contributed by atoms with E-state index in [0.29, 0.717) is 11.8 Å². The smallest absolute Gasteiger partial charge is 0.317 e. The van der Waals surface area contributed by atoms with E-state index in [-0.39, 0.29) is 17.7 Å². The first-order valence-electron chi connectivity index (χ1n) is 8.12. The molecule has 0 unspecified atom stereocenters. The van der Waals surface area contributed by atoms with E-state index < -0.39 is 0 Å². The number of nitrogens with one attached hydrogen (secondary N) is 1. The number of amides is 2. The molecule has 2 amide bonds. The van der Waals surface area contributed by atoms with Crippen molar-refractivity contribution in [2.24, 2.45) is 7.05 Å². The Labute approximate surface area is 143 Å². The van der Waals surface area contributed by atoms with Crippen LogP contribution in [-0.2, 0) is 7.05 Å². The molecule has 1 aliphatic heterocycles. The largest absolute Gasteiger partial charge is 0.489 e. The van der Waals surface area contributed by atoms with Gasteiger partial charge in [-0.1, -0.05) is 0 Å². The van der Waals surface area contributed by atoms with Crippen LogP contribution in [0.25, 0.3) is 0 Å². The van der Waals surface area contributed by atoms with Crippen molar-refractivity contribution in [2.45, 2.75) is 44.2 Å². The molecule has 7 heteroatoms. The van der Waals surface area contributed by atoms with Gasteiger partial charge in [-0.2, -0.15) is 0 Å². The molecule has 0 radical (unpaired) electrons. The Bertz CT molecular complexity index is 638. The van der Waals surface area contributed by atoms with Crippen LogP contribution in [0.4, 0.5) is 4.79 Å². The van der Waals surface area contributed by atoms with Crippen molar-refractivity contribution in [1.82, 2.24) is 14.8 Å². The molecule has 2 aliphatic rings. The normalized spacial score (nSPS) is 25.1. The summed E-state index contributed by atoms with van der Waals surface area (Å²) in [5.74, 6) is 0.604. The van der Waals surface area contributed by atoms with E-state index in [1.807, 2.05) is 4.90 Å². The van der Waals surface area contributed by atoms with Gasteiger partial charge in [0.05, 0.1) is 10.6 Å². The number of carbonyl (C=O) groups is 1. The highest BCUT2D eigenvalue weighted by Gasteiger charge is 2.31. The third-order valence-electron chi connectivity index (χ3n) is 4.64. The average Bonchev–Trinajstić information content (AvgIpc) is 2.54. The van der Waals surface area contributed by atoms with Gasteiger partial charge in [0.15, 0.2) is 0 Å². The van der Waals surface area contributed by atoms with Gasteiger partial charge in [-0.25, -0.2) is 4.79 Å². The lowest BCUT2D eigenvalue weighted by Crippen LogP contribution is -2.52. The van der Waals surface area contributed by atoms with Gasteiger partial charge in [-0.05, 0) is 48.0 Å². The van der Waals surface area contributed by atoms with Gasteiger partial charge >= 0.3 is 6.03 Å². The number of halogens is 1. The fourth-order valence-corrected chi connectivity index (χ4v) is 3.84. The number of nitrogens with zero attached hydrogens (tertiary/aromatic N) is 2. The topological polar surface area (TPSA) is 63.6 Å². The van der Waals surface area contributed by atoms with Crippen LogP contribution >= 0.6 is 15.9 Å². The molecule has 6 nitrogen and oxygen atoms in total. The highest BCUT2D eigenvalue weighted by Crippen LogP contribution is 2.30. The number of rotatable bonds is 3. The Morgan fingerprint density at radius 2 is 2.00 bits per heavy atom. The van der Waals surface area contributed by atoms with Gasteiger partial charge < -0.3 is 19.5 Å². The zero-order chi connectivity index (χ0) is 16.4. The molecule has 0 spiro atoms. The number of ether oxygens (including phenoxy) is 1. The van der Waals surface area contributed by atoms with Crippen LogP contribution in [0.1, 0.15) is 32.1 Å². The lowest BCUT2D eigenvalue weighted by atomic mass is 9.91. The maximum Gasteiger partial charge on any atom is 0.317 e. The summed E-state index contributed by atoms with van der Waals surface area (Å²) < 4.78 is 8.31. The van der Waals surface area contributed by atoms with E-state index >= 15 is 0 Å². The lowest BCUT2D eigenvalue weighted by Gasteiger charge is -2.38. The van der Waals surface area contributed by atoms with Crippen molar-refractivity contribution < 1.29 is 9.53 Å². The number of carbonyl (C=O) groups excluding carboxylic acids is 1.